The standard InChI is InChI=1S/C12H12N4O2S2/c1-8-6-9(12(13)19)2-3-10(8)20(17,18)16-11-7-14-4-5-15-11/h2-7H,1H3,(H2,13,19)(H,15,16). The van der Waals surface area contributed by atoms with E-state index in [-0.39, 0.29) is 15.7 Å². The summed E-state index contributed by atoms with van der Waals surface area (Å²) in [7, 11) is -3.72. The highest BCUT2D eigenvalue weighted by molar-refractivity contribution is 7.92. The third-order valence-corrected chi connectivity index (χ3v) is 4.30. The molecule has 0 bridgehead atoms. The number of nitrogens with two attached hydrogens (primary N) is 1. The van der Waals surface area contributed by atoms with Gasteiger partial charge in [0.1, 0.15) is 4.99 Å². The van der Waals surface area contributed by atoms with E-state index in [4.69, 9.17) is 18.0 Å². The van der Waals surface area contributed by atoms with Gasteiger partial charge < -0.3 is 5.73 Å². The Morgan fingerprint density at radius 3 is 2.65 bits per heavy atom. The van der Waals surface area contributed by atoms with E-state index in [1.54, 1.807) is 19.1 Å². The molecule has 0 aliphatic heterocycles. The van der Waals surface area contributed by atoms with Gasteiger partial charge in [0.05, 0.1) is 11.1 Å². The molecule has 0 atom stereocenters. The fourth-order valence-electron chi connectivity index (χ4n) is 1.65. The van der Waals surface area contributed by atoms with Crippen LogP contribution in [0.3, 0.4) is 0 Å². The minimum absolute atomic E-state index is 0.142. The van der Waals surface area contributed by atoms with Crippen LogP contribution in [-0.4, -0.2) is 23.4 Å². The number of nitrogens with one attached hydrogen (secondary N) is 1. The van der Waals surface area contributed by atoms with E-state index in [9.17, 15) is 8.42 Å². The van der Waals surface area contributed by atoms with Crippen molar-refractivity contribution in [3.63, 3.8) is 0 Å². The summed E-state index contributed by atoms with van der Waals surface area (Å²) < 4.78 is 26.9. The van der Waals surface area contributed by atoms with Gasteiger partial charge >= 0.3 is 0 Å². The second-order valence-corrected chi connectivity index (χ2v) is 6.13. The highest BCUT2D eigenvalue weighted by atomic mass is 32.2. The number of hydrogen-bond acceptors (Lipinski definition) is 5. The van der Waals surface area contributed by atoms with E-state index in [2.05, 4.69) is 14.7 Å². The summed E-state index contributed by atoms with van der Waals surface area (Å²) in [5, 5.41) is 0. The maximum atomic E-state index is 12.3. The van der Waals surface area contributed by atoms with Gasteiger partial charge in [-0.25, -0.2) is 13.4 Å². The molecule has 20 heavy (non-hydrogen) atoms. The van der Waals surface area contributed by atoms with Crippen molar-refractivity contribution in [2.24, 2.45) is 5.73 Å². The first-order valence-corrected chi connectivity index (χ1v) is 7.48. The zero-order chi connectivity index (χ0) is 14.8. The maximum absolute atomic E-state index is 12.3. The van der Waals surface area contributed by atoms with Crippen molar-refractivity contribution in [1.82, 2.24) is 9.97 Å². The molecule has 1 aromatic heterocycles. The Bertz CT molecular complexity index is 745. The monoisotopic (exact) mass is 308 g/mol. The van der Waals surface area contributed by atoms with Gasteiger partial charge in [0.25, 0.3) is 10.0 Å². The number of nitrogens with zero attached hydrogens (tertiary/aromatic N) is 2. The Morgan fingerprint density at radius 2 is 2.10 bits per heavy atom. The molecule has 1 heterocycles. The van der Waals surface area contributed by atoms with Crippen LogP contribution in [0.1, 0.15) is 11.1 Å². The minimum Gasteiger partial charge on any atom is -0.389 e. The summed E-state index contributed by atoms with van der Waals surface area (Å²) in [6.07, 6.45) is 4.19. The number of rotatable bonds is 4. The Kier molecular flexibility index (Phi) is 3.96. The van der Waals surface area contributed by atoms with Crippen LogP contribution >= 0.6 is 12.2 Å². The van der Waals surface area contributed by atoms with Gasteiger partial charge in [0.2, 0.25) is 0 Å². The summed E-state index contributed by atoms with van der Waals surface area (Å²) in [5.41, 5.74) is 6.68. The van der Waals surface area contributed by atoms with Crippen molar-refractivity contribution in [3.8, 4) is 0 Å². The Labute approximate surface area is 122 Å². The van der Waals surface area contributed by atoms with Crippen LogP contribution in [0, 0.1) is 6.92 Å². The van der Waals surface area contributed by atoms with Crippen molar-refractivity contribution in [2.75, 3.05) is 4.72 Å². The van der Waals surface area contributed by atoms with Gasteiger partial charge in [-0.05, 0) is 24.6 Å². The molecule has 6 nitrogen and oxygen atoms in total. The van der Waals surface area contributed by atoms with Gasteiger partial charge in [-0.1, -0.05) is 18.3 Å². The average Bonchev–Trinajstić information content (AvgIpc) is 2.38. The molecule has 0 aliphatic carbocycles. The Morgan fingerprint density at radius 1 is 1.35 bits per heavy atom. The SMILES string of the molecule is Cc1cc(C(N)=S)ccc1S(=O)(=O)Nc1cnccn1. The van der Waals surface area contributed by atoms with E-state index in [0.717, 1.165) is 0 Å². The van der Waals surface area contributed by atoms with Crippen molar-refractivity contribution >= 4 is 33.0 Å². The topological polar surface area (TPSA) is 98.0 Å². The zero-order valence-electron chi connectivity index (χ0n) is 10.6. The third kappa shape index (κ3) is 3.09. The van der Waals surface area contributed by atoms with Crippen LogP contribution in [-0.2, 0) is 10.0 Å². The molecule has 0 saturated carbocycles. The first-order chi connectivity index (χ1) is 9.40. The molecule has 3 N–H and O–H groups in total. The summed E-state index contributed by atoms with van der Waals surface area (Å²) in [6, 6.07) is 4.66. The molecule has 0 radical (unpaired) electrons. The fraction of sp³-hybridized carbons (Fsp3) is 0.0833. The Balaban J connectivity index is 2.37. The van der Waals surface area contributed by atoms with Gasteiger partial charge in [-0.15, -0.1) is 0 Å². The highest BCUT2D eigenvalue weighted by Gasteiger charge is 2.18. The van der Waals surface area contributed by atoms with Crippen LogP contribution in [0.15, 0.2) is 41.7 Å². The maximum Gasteiger partial charge on any atom is 0.263 e. The predicted octanol–water partition coefficient (Wildman–Crippen LogP) is 1.22. The van der Waals surface area contributed by atoms with E-state index >= 15 is 0 Å². The van der Waals surface area contributed by atoms with Crippen molar-refractivity contribution < 1.29 is 8.42 Å². The van der Waals surface area contributed by atoms with Crippen LogP contribution in [0.5, 0.6) is 0 Å². The lowest BCUT2D eigenvalue weighted by Gasteiger charge is -2.10. The predicted molar refractivity (Wildman–Crippen MR) is 79.9 cm³/mol. The number of sulfonamides is 1. The first kappa shape index (κ1) is 14.4. The fourth-order valence-corrected chi connectivity index (χ4v) is 3.00. The summed E-state index contributed by atoms with van der Waals surface area (Å²) in [6.45, 7) is 1.67. The lowest BCUT2D eigenvalue weighted by atomic mass is 10.1. The smallest absolute Gasteiger partial charge is 0.263 e. The van der Waals surface area contributed by atoms with Gasteiger partial charge in [0, 0.05) is 18.0 Å². The van der Waals surface area contributed by atoms with E-state index in [1.807, 2.05) is 0 Å². The zero-order valence-corrected chi connectivity index (χ0v) is 12.2. The molecular formula is C12H12N4O2S2. The van der Waals surface area contributed by atoms with E-state index < -0.39 is 10.0 Å². The molecule has 8 heteroatoms. The number of aromatic nitrogens is 2. The molecule has 0 aliphatic rings. The van der Waals surface area contributed by atoms with Crippen molar-refractivity contribution in [2.45, 2.75) is 11.8 Å². The molecule has 0 amide bonds. The summed E-state index contributed by atoms with van der Waals surface area (Å²) >= 11 is 4.86. The number of thiocarbonyl (C=S) groups is 1. The minimum atomic E-state index is -3.72. The molecular weight excluding hydrogens is 296 g/mol. The molecule has 0 spiro atoms. The third-order valence-electron chi connectivity index (χ3n) is 2.55. The molecule has 0 unspecified atom stereocenters. The molecule has 0 saturated heterocycles. The Hall–Kier alpha value is -2.06. The van der Waals surface area contributed by atoms with Crippen LogP contribution in [0.25, 0.3) is 0 Å². The van der Waals surface area contributed by atoms with Crippen LogP contribution in [0.4, 0.5) is 5.82 Å². The number of anilines is 1. The molecule has 2 aromatic rings. The quantitative estimate of drug-likeness (QED) is 0.824. The summed E-state index contributed by atoms with van der Waals surface area (Å²) in [4.78, 5) is 8.03. The van der Waals surface area contributed by atoms with E-state index in [1.165, 1.54) is 24.7 Å². The van der Waals surface area contributed by atoms with Crippen LogP contribution < -0.4 is 10.5 Å². The lowest BCUT2D eigenvalue weighted by molar-refractivity contribution is 0.600. The van der Waals surface area contributed by atoms with Crippen molar-refractivity contribution in [3.05, 3.63) is 47.9 Å². The second-order valence-electron chi connectivity index (χ2n) is 4.04. The lowest BCUT2D eigenvalue weighted by Crippen LogP contribution is -2.16. The molecule has 1 aromatic carbocycles. The molecule has 104 valence electrons. The molecule has 0 fully saturated rings. The average molecular weight is 308 g/mol. The summed E-state index contributed by atoms with van der Waals surface area (Å²) in [5.74, 6) is 0.158. The second kappa shape index (κ2) is 5.51. The van der Waals surface area contributed by atoms with Gasteiger partial charge in [0.15, 0.2) is 5.82 Å². The number of hydrogen-bond donors (Lipinski definition) is 2. The van der Waals surface area contributed by atoms with Crippen molar-refractivity contribution in [1.29, 1.82) is 0 Å². The normalized spacial score (nSPS) is 11.1. The van der Waals surface area contributed by atoms with Crippen LogP contribution in [0.2, 0.25) is 0 Å². The van der Waals surface area contributed by atoms with Gasteiger partial charge in [-0.2, -0.15) is 0 Å². The largest absolute Gasteiger partial charge is 0.389 e. The number of benzene rings is 1. The van der Waals surface area contributed by atoms with Gasteiger partial charge in [-0.3, -0.25) is 9.71 Å². The number of aryl methyl sites for hydroxylation is 1. The van der Waals surface area contributed by atoms with E-state index in [0.29, 0.717) is 11.1 Å². The first-order valence-electron chi connectivity index (χ1n) is 5.59. The molecule has 2 rings (SSSR count). The highest BCUT2D eigenvalue weighted by Crippen LogP contribution is 2.19.